The van der Waals surface area contributed by atoms with Crippen molar-refractivity contribution < 1.29 is 27.4 Å². The number of ether oxygens (including phenoxy) is 2. The van der Waals surface area contributed by atoms with E-state index in [0.717, 1.165) is 28.6 Å². The van der Waals surface area contributed by atoms with Crippen molar-refractivity contribution in [2.45, 2.75) is 33.0 Å². The maximum Gasteiger partial charge on any atom is 0.416 e. The number of rotatable bonds is 8. The molecule has 1 N–H and O–H groups in total. The third-order valence-electron chi connectivity index (χ3n) is 4.86. The number of hydrogen-bond acceptors (Lipinski definition) is 6. The summed E-state index contributed by atoms with van der Waals surface area (Å²) in [5.74, 6) is -0.473. The minimum atomic E-state index is -4.57. The summed E-state index contributed by atoms with van der Waals surface area (Å²) in [4.78, 5) is 31.1. The van der Waals surface area contributed by atoms with Crippen molar-refractivity contribution >= 4 is 33.1 Å². The molecular formula is C21H22F3N3O4S. The highest BCUT2D eigenvalue weighted by Gasteiger charge is 2.31. The second-order valence-electron chi connectivity index (χ2n) is 7.05. The summed E-state index contributed by atoms with van der Waals surface area (Å²) in [5, 5.41) is 2.97. The number of benzene rings is 1. The molecule has 1 amide bonds. The standard InChI is InChI=1S/C21H22F3N3O4S/c1-12-13(2)32-19-18(12)20(29)27(11-25-19)7-6-17(28)26-15-10-14(21(22,23)24)4-5-16(15)31-9-8-30-3/h4-5,10-11H,6-9H2,1-3H3,(H,26,28). The molecule has 0 bridgehead atoms. The van der Waals surface area contributed by atoms with E-state index >= 15 is 0 Å². The number of aryl methyl sites for hydroxylation is 3. The van der Waals surface area contributed by atoms with E-state index in [1.165, 1.54) is 29.3 Å². The molecule has 1 aromatic carbocycles. The summed E-state index contributed by atoms with van der Waals surface area (Å²) in [6.45, 7) is 4.10. The highest BCUT2D eigenvalue weighted by molar-refractivity contribution is 7.18. The first kappa shape index (κ1) is 23.7. The second kappa shape index (κ2) is 9.70. The van der Waals surface area contributed by atoms with Crippen LogP contribution in [0.5, 0.6) is 5.75 Å². The van der Waals surface area contributed by atoms with Crippen molar-refractivity contribution in [3.8, 4) is 5.75 Å². The number of hydrogen-bond donors (Lipinski definition) is 1. The zero-order valence-corrected chi connectivity index (χ0v) is 18.5. The summed E-state index contributed by atoms with van der Waals surface area (Å²) in [6, 6.07) is 2.85. The monoisotopic (exact) mass is 469 g/mol. The maximum atomic E-state index is 13.1. The smallest absolute Gasteiger partial charge is 0.416 e. The number of halogens is 3. The molecular weight excluding hydrogens is 447 g/mol. The Balaban J connectivity index is 1.76. The van der Waals surface area contributed by atoms with Crippen LogP contribution < -0.4 is 15.6 Å². The minimum Gasteiger partial charge on any atom is -0.489 e. The fourth-order valence-corrected chi connectivity index (χ4v) is 4.02. The molecule has 0 aliphatic heterocycles. The molecule has 3 aromatic rings. The number of carbonyl (C=O) groups is 1. The Morgan fingerprint density at radius 3 is 2.69 bits per heavy atom. The van der Waals surface area contributed by atoms with Crippen LogP contribution in [0, 0.1) is 13.8 Å². The molecule has 0 saturated heterocycles. The van der Waals surface area contributed by atoms with Crippen LogP contribution >= 0.6 is 11.3 Å². The lowest BCUT2D eigenvalue weighted by atomic mass is 10.1. The van der Waals surface area contributed by atoms with Crippen LogP contribution in [0.15, 0.2) is 29.3 Å². The molecule has 0 aliphatic rings. The SMILES string of the molecule is COCCOc1ccc(C(F)(F)F)cc1NC(=O)CCn1cnc2sc(C)c(C)c2c1=O. The Morgan fingerprint density at radius 2 is 2.00 bits per heavy atom. The van der Waals surface area contributed by atoms with Gasteiger partial charge in [-0.1, -0.05) is 0 Å². The Kier molecular flexibility index (Phi) is 7.19. The van der Waals surface area contributed by atoms with Gasteiger partial charge in [0.2, 0.25) is 5.91 Å². The van der Waals surface area contributed by atoms with Gasteiger partial charge in [-0.25, -0.2) is 4.98 Å². The van der Waals surface area contributed by atoms with E-state index in [-0.39, 0.29) is 43.2 Å². The highest BCUT2D eigenvalue weighted by Crippen LogP contribution is 2.35. The number of carbonyl (C=O) groups excluding carboxylic acids is 1. The molecule has 0 aliphatic carbocycles. The van der Waals surface area contributed by atoms with Crippen LogP contribution in [0.4, 0.5) is 18.9 Å². The topological polar surface area (TPSA) is 82.4 Å². The number of thiophene rings is 1. The molecule has 3 rings (SSSR count). The molecule has 2 heterocycles. The van der Waals surface area contributed by atoms with Crippen molar-refractivity contribution in [2.75, 3.05) is 25.6 Å². The van der Waals surface area contributed by atoms with Crippen molar-refractivity contribution in [3.63, 3.8) is 0 Å². The lowest BCUT2D eigenvalue weighted by Gasteiger charge is -2.15. The van der Waals surface area contributed by atoms with Gasteiger partial charge in [-0.05, 0) is 37.6 Å². The Morgan fingerprint density at radius 1 is 1.25 bits per heavy atom. The molecule has 2 aromatic heterocycles. The van der Waals surface area contributed by atoms with Crippen molar-refractivity contribution in [1.29, 1.82) is 0 Å². The first-order valence-corrected chi connectivity index (χ1v) is 10.5. The molecule has 0 atom stereocenters. The molecule has 0 spiro atoms. The van der Waals surface area contributed by atoms with E-state index in [9.17, 15) is 22.8 Å². The van der Waals surface area contributed by atoms with Crippen molar-refractivity contribution in [1.82, 2.24) is 9.55 Å². The van der Waals surface area contributed by atoms with E-state index in [1.54, 1.807) is 0 Å². The maximum absolute atomic E-state index is 13.1. The molecule has 0 unspecified atom stereocenters. The van der Waals surface area contributed by atoms with Crippen LogP contribution in [-0.4, -0.2) is 35.8 Å². The first-order chi connectivity index (χ1) is 15.1. The highest BCUT2D eigenvalue weighted by atomic mass is 32.1. The number of nitrogens with one attached hydrogen (secondary N) is 1. The predicted molar refractivity (Wildman–Crippen MR) is 115 cm³/mol. The Hall–Kier alpha value is -2.92. The van der Waals surface area contributed by atoms with E-state index in [2.05, 4.69) is 10.3 Å². The Bertz CT molecular complexity index is 1190. The number of anilines is 1. The lowest BCUT2D eigenvalue weighted by molar-refractivity contribution is -0.137. The van der Waals surface area contributed by atoms with Gasteiger partial charge in [0, 0.05) is 25.0 Å². The van der Waals surface area contributed by atoms with Gasteiger partial charge in [0.05, 0.1) is 29.6 Å². The minimum absolute atomic E-state index is 0.0285. The Labute approximate surface area is 185 Å². The van der Waals surface area contributed by atoms with Crippen molar-refractivity contribution in [3.05, 3.63) is 50.9 Å². The van der Waals surface area contributed by atoms with Crippen LogP contribution in [-0.2, 0) is 22.3 Å². The van der Waals surface area contributed by atoms with Gasteiger partial charge in [-0.15, -0.1) is 11.3 Å². The summed E-state index contributed by atoms with van der Waals surface area (Å²) in [5.41, 5.74) is -0.428. The number of alkyl halides is 3. The van der Waals surface area contributed by atoms with Crippen LogP contribution in [0.3, 0.4) is 0 Å². The number of amides is 1. The largest absolute Gasteiger partial charge is 0.489 e. The van der Waals surface area contributed by atoms with E-state index < -0.39 is 17.6 Å². The molecule has 0 fully saturated rings. The first-order valence-electron chi connectivity index (χ1n) is 9.69. The fraction of sp³-hybridized carbons (Fsp3) is 0.381. The van der Waals surface area contributed by atoms with Gasteiger partial charge in [0.15, 0.2) is 0 Å². The number of methoxy groups -OCH3 is 1. The third-order valence-corrected chi connectivity index (χ3v) is 5.98. The molecule has 0 saturated carbocycles. The number of fused-ring (bicyclic) bond motifs is 1. The molecule has 7 nitrogen and oxygen atoms in total. The van der Waals surface area contributed by atoms with Crippen molar-refractivity contribution in [2.24, 2.45) is 0 Å². The van der Waals surface area contributed by atoms with E-state index in [4.69, 9.17) is 9.47 Å². The quantitative estimate of drug-likeness (QED) is 0.502. The van der Waals surface area contributed by atoms with Crippen LogP contribution in [0.25, 0.3) is 10.2 Å². The zero-order chi connectivity index (χ0) is 23.5. The number of aromatic nitrogens is 2. The van der Waals surface area contributed by atoms with Gasteiger partial charge < -0.3 is 14.8 Å². The van der Waals surface area contributed by atoms with Gasteiger partial charge in [-0.3, -0.25) is 14.2 Å². The van der Waals surface area contributed by atoms with Gasteiger partial charge in [0.1, 0.15) is 17.2 Å². The molecule has 0 radical (unpaired) electrons. The second-order valence-corrected chi connectivity index (χ2v) is 8.26. The summed E-state index contributed by atoms with van der Waals surface area (Å²) < 4.78 is 50.9. The summed E-state index contributed by atoms with van der Waals surface area (Å²) in [6.07, 6.45) is -3.34. The average molecular weight is 469 g/mol. The van der Waals surface area contributed by atoms with Gasteiger partial charge in [0.25, 0.3) is 5.56 Å². The van der Waals surface area contributed by atoms with E-state index in [1.807, 2.05) is 13.8 Å². The number of nitrogens with zero attached hydrogens (tertiary/aromatic N) is 2. The average Bonchev–Trinajstić information content (AvgIpc) is 3.02. The molecule has 172 valence electrons. The van der Waals surface area contributed by atoms with Crippen LogP contribution in [0.1, 0.15) is 22.4 Å². The fourth-order valence-electron chi connectivity index (χ4n) is 3.03. The van der Waals surface area contributed by atoms with Gasteiger partial charge >= 0.3 is 6.18 Å². The summed E-state index contributed by atoms with van der Waals surface area (Å²) >= 11 is 1.42. The normalized spacial score (nSPS) is 11.7. The third kappa shape index (κ3) is 5.28. The van der Waals surface area contributed by atoms with Crippen LogP contribution in [0.2, 0.25) is 0 Å². The molecule has 11 heteroatoms. The zero-order valence-electron chi connectivity index (χ0n) is 17.7. The van der Waals surface area contributed by atoms with Gasteiger partial charge in [-0.2, -0.15) is 13.2 Å². The summed E-state index contributed by atoms with van der Waals surface area (Å²) in [7, 11) is 1.46. The lowest BCUT2D eigenvalue weighted by Crippen LogP contribution is -2.24. The van der Waals surface area contributed by atoms with E-state index in [0.29, 0.717) is 10.2 Å². The molecule has 32 heavy (non-hydrogen) atoms. The predicted octanol–water partition coefficient (Wildman–Crippen LogP) is 4.15.